The fourth-order valence-electron chi connectivity index (χ4n) is 8.12. The molecule has 0 aliphatic carbocycles. The SMILES string of the molecule is CCn1c(-c2cc(N3CCN(C)CC3)cnc2[C@H](C)OC)c2c3cc(ccc31)-c1csc(n1)C[C@H](N)C(=O)N1CCC[C@H](N1)C(=O)CCC(C)(C)C2. The molecule has 11 nitrogen and oxygen atoms in total. The van der Waals surface area contributed by atoms with Gasteiger partial charge in [0.15, 0.2) is 5.78 Å². The third-order valence-corrected chi connectivity index (χ3v) is 12.2. The Hall–Kier alpha value is -3.68. The Labute approximate surface area is 311 Å². The van der Waals surface area contributed by atoms with E-state index in [1.165, 1.54) is 28.0 Å². The normalized spacial score (nSPS) is 22.5. The van der Waals surface area contributed by atoms with Crippen LogP contribution in [0.5, 0.6) is 0 Å². The summed E-state index contributed by atoms with van der Waals surface area (Å²) in [6, 6.07) is 7.86. The van der Waals surface area contributed by atoms with Crippen LogP contribution in [0.1, 0.15) is 75.7 Å². The van der Waals surface area contributed by atoms with Crippen LogP contribution in [0, 0.1) is 5.41 Å². The molecule has 3 N–H and O–H groups in total. The second-order valence-electron chi connectivity index (χ2n) is 15.7. The molecule has 2 saturated heterocycles. The van der Waals surface area contributed by atoms with Gasteiger partial charge in [-0.2, -0.15) is 0 Å². The standard InChI is InChI=1S/C40H54N8O3S/c1-7-47-34-11-10-26-19-28(34)30(38(47)29-20-27(23-42-37(29)25(2)51-6)46-17-15-45(5)16-18-46)22-40(3,4)13-12-35(49)32-9-8-14-48(44-32)39(50)31(41)21-36-43-33(26)24-52-36/h10-11,19-20,23-25,31-32,44H,7-9,12-18,21-22,41H2,1-6H3/t25-,31-,32-/m0/s1. The zero-order valence-corrected chi connectivity index (χ0v) is 32.4. The Morgan fingerprint density at radius 2 is 1.92 bits per heavy atom. The molecular formula is C40H54N8O3S. The first-order chi connectivity index (χ1) is 25.0. The molecule has 52 heavy (non-hydrogen) atoms. The lowest BCUT2D eigenvalue weighted by Gasteiger charge is -2.35. The number of ether oxygens (including phenoxy) is 1. The van der Waals surface area contributed by atoms with Crippen LogP contribution in [0.15, 0.2) is 35.8 Å². The Morgan fingerprint density at radius 1 is 1.13 bits per heavy atom. The molecule has 0 unspecified atom stereocenters. The molecule has 1 amide bonds. The van der Waals surface area contributed by atoms with Crippen molar-refractivity contribution in [1.82, 2.24) is 29.9 Å². The maximum absolute atomic E-state index is 13.7. The van der Waals surface area contributed by atoms with Crippen LogP contribution < -0.4 is 16.1 Å². The molecule has 3 aliphatic heterocycles. The predicted octanol–water partition coefficient (Wildman–Crippen LogP) is 5.60. The highest BCUT2D eigenvalue weighted by atomic mass is 32.1. The van der Waals surface area contributed by atoms with Crippen LogP contribution in [0.2, 0.25) is 0 Å². The number of hydrogen-bond donors (Lipinski definition) is 2. The molecule has 6 heterocycles. The van der Waals surface area contributed by atoms with Gasteiger partial charge < -0.3 is 24.8 Å². The van der Waals surface area contributed by atoms with Crippen LogP contribution in [-0.4, -0.2) is 95.1 Å². The third kappa shape index (κ3) is 7.28. The number of nitrogens with zero attached hydrogens (tertiary/aromatic N) is 6. The lowest BCUT2D eigenvalue weighted by atomic mass is 9.79. The van der Waals surface area contributed by atoms with E-state index in [0.717, 1.165) is 84.3 Å². The number of aromatic nitrogens is 3. The summed E-state index contributed by atoms with van der Waals surface area (Å²) in [7, 11) is 3.93. The van der Waals surface area contributed by atoms with Gasteiger partial charge in [0.1, 0.15) is 0 Å². The monoisotopic (exact) mass is 726 g/mol. The molecule has 12 heteroatoms. The summed E-state index contributed by atoms with van der Waals surface area (Å²) < 4.78 is 8.39. The number of nitrogens with one attached hydrogen (secondary N) is 1. The molecule has 3 atom stereocenters. The van der Waals surface area contributed by atoms with E-state index in [1.807, 2.05) is 6.20 Å². The summed E-state index contributed by atoms with van der Waals surface area (Å²) in [5.41, 5.74) is 18.1. The Kier molecular flexibility index (Phi) is 10.6. The molecule has 3 aliphatic rings. The van der Waals surface area contributed by atoms with Crippen molar-refractivity contribution >= 4 is 39.6 Å². The first-order valence-corrected chi connectivity index (χ1v) is 19.8. The zero-order chi connectivity index (χ0) is 36.7. The topological polar surface area (TPSA) is 122 Å². The number of carbonyl (C=O) groups is 2. The average molecular weight is 727 g/mol. The van der Waals surface area contributed by atoms with Crippen LogP contribution in [0.25, 0.3) is 33.4 Å². The van der Waals surface area contributed by atoms with Crippen molar-refractivity contribution in [1.29, 1.82) is 0 Å². The van der Waals surface area contributed by atoms with Crippen LogP contribution in [0.4, 0.5) is 5.69 Å². The second-order valence-corrected chi connectivity index (χ2v) is 16.6. The van der Waals surface area contributed by atoms with Gasteiger partial charge in [-0.25, -0.2) is 10.4 Å². The highest BCUT2D eigenvalue weighted by Crippen LogP contribution is 2.43. The number of aryl methyl sites for hydroxylation is 1. The van der Waals surface area contributed by atoms with Crippen molar-refractivity contribution in [2.24, 2.45) is 11.1 Å². The van der Waals surface area contributed by atoms with E-state index in [9.17, 15) is 9.59 Å². The molecule has 1 aromatic carbocycles. The number of ketones is 1. The van der Waals surface area contributed by atoms with Gasteiger partial charge in [-0.15, -0.1) is 11.3 Å². The summed E-state index contributed by atoms with van der Waals surface area (Å²) >= 11 is 1.53. The Balaban J connectivity index is 1.40. The number of hydrogen-bond acceptors (Lipinski definition) is 10. The molecule has 0 radical (unpaired) electrons. The zero-order valence-electron chi connectivity index (χ0n) is 31.6. The number of Topliss-reactive ketones (excluding diaryl/α,β-unsaturated/α-hetero) is 1. The molecule has 7 rings (SSSR count). The van der Waals surface area contributed by atoms with E-state index < -0.39 is 12.1 Å². The molecular weight excluding hydrogens is 673 g/mol. The maximum atomic E-state index is 13.7. The van der Waals surface area contributed by atoms with E-state index in [1.54, 1.807) is 12.1 Å². The Bertz CT molecular complexity index is 1940. The van der Waals surface area contributed by atoms with Crippen molar-refractivity contribution in [3.63, 3.8) is 0 Å². The minimum atomic E-state index is -0.743. The lowest BCUT2D eigenvalue weighted by Crippen LogP contribution is -2.59. The van der Waals surface area contributed by atoms with Crippen molar-refractivity contribution in [2.45, 2.75) is 91.0 Å². The number of likely N-dealkylation sites (N-methyl/N-ethyl adjacent to an activating group) is 1. The number of methoxy groups -OCH3 is 1. The number of rotatable bonds is 5. The fourth-order valence-corrected chi connectivity index (χ4v) is 8.98. The quantitative estimate of drug-likeness (QED) is 0.271. The highest BCUT2D eigenvalue weighted by Gasteiger charge is 2.33. The minimum absolute atomic E-state index is 0.142. The van der Waals surface area contributed by atoms with E-state index in [0.29, 0.717) is 32.2 Å². The Morgan fingerprint density at radius 3 is 2.67 bits per heavy atom. The van der Waals surface area contributed by atoms with Gasteiger partial charge in [0.05, 0.1) is 52.2 Å². The number of benzene rings is 1. The molecule has 4 aromatic rings. The van der Waals surface area contributed by atoms with Gasteiger partial charge in [0.25, 0.3) is 5.91 Å². The fraction of sp³-hybridized carbons (Fsp3) is 0.550. The molecule has 6 bridgehead atoms. The van der Waals surface area contributed by atoms with E-state index in [2.05, 4.69) is 84.2 Å². The maximum Gasteiger partial charge on any atom is 0.254 e. The third-order valence-electron chi connectivity index (χ3n) is 11.4. The first kappa shape index (κ1) is 36.7. The van der Waals surface area contributed by atoms with Crippen molar-refractivity contribution < 1.29 is 14.3 Å². The largest absolute Gasteiger partial charge is 0.375 e. The number of anilines is 1. The smallest absolute Gasteiger partial charge is 0.254 e. The number of pyridine rings is 1. The average Bonchev–Trinajstić information content (AvgIpc) is 3.74. The second kappa shape index (κ2) is 15.0. The molecule has 3 aromatic heterocycles. The minimum Gasteiger partial charge on any atom is -0.375 e. The van der Waals surface area contributed by atoms with Gasteiger partial charge in [0.2, 0.25) is 0 Å². The molecule has 2 fully saturated rings. The van der Waals surface area contributed by atoms with Gasteiger partial charge in [-0.1, -0.05) is 19.9 Å². The van der Waals surface area contributed by atoms with Gasteiger partial charge in [0, 0.05) is 86.6 Å². The van der Waals surface area contributed by atoms with Gasteiger partial charge in [-0.05, 0) is 75.8 Å². The summed E-state index contributed by atoms with van der Waals surface area (Å²) in [5.74, 6) is -0.0489. The first-order valence-electron chi connectivity index (χ1n) is 18.9. The number of amides is 1. The molecule has 278 valence electrons. The van der Waals surface area contributed by atoms with Gasteiger partial charge in [-0.3, -0.25) is 19.6 Å². The highest BCUT2D eigenvalue weighted by molar-refractivity contribution is 7.10. The van der Waals surface area contributed by atoms with Crippen molar-refractivity contribution in [3.8, 4) is 22.5 Å². The number of carbonyl (C=O) groups excluding carboxylic acids is 2. The van der Waals surface area contributed by atoms with Crippen LogP contribution >= 0.6 is 11.3 Å². The van der Waals surface area contributed by atoms with Crippen LogP contribution in [-0.2, 0) is 33.7 Å². The van der Waals surface area contributed by atoms with E-state index >= 15 is 0 Å². The number of piperazine rings is 1. The van der Waals surface area contributed by atoms with E-state index in [4.69, 9.17) is 20.4 Å². The number of thiazole rings is 1. The summed E-state index contributed by atoms with van der Waals surface area (Å²) in [6.07, 6.45) is 5.53. The van der Waals surface area contributed by atoms with Crippen molar-refractivity contribution in [2.75, 3.05) is 51.8 Å². The summed E-state index contributed by atoms with van der Waals surface area (Å²) in [4.78, 5) is 42.1. The van der Waals surface area contributed by atoms with Crippen molar-refractivity contribution in [3.05, 3.63) is 52.1 Å². The summed E-state index contributed by atoms with van der Waals surface area (Å²) in [6.45, 7) is 14.1. The predicted molar refractivity (Wildman–Crippen MR) is 208 cm³/mol. The molecule has 0 spiro atoms. The number of fused-ring (bicyclic) bond motifs is 6. The van der Waals surface area contributed by atoms with Crippen LogP contribution in [0.3, 0.4) is 0 Å². The van der Waals surface area contributed by atoms with Gasteiger partial charge >= 0.3 is 0 Å². The lowest BCUT2D eigenvalue weighted by molar-refractivity contribution is -0.140. The number of nitrogens with two attached hydrogens (primary N) is 1. The number of hydrazine groups is 1. The van der Waals surface area contributed by atoms with E-state index in [-0.39, 0.29) is 23.2 Å². The molecule has 0 saturated carbocycles. The summed E-state index contributed by atoms with van der Waals surface area (Å²) in [5, 5.41) is 5.64.